The summed E-state index contributed by atoms with van der Waals surface area (Å²) in [6.45, 7) is 7.30. The molecule has 2 fully saturated rings. The molecule has 35 heavy (non-hydrogen) atoms. The lowest BCUT2D eigenvalue weighted by atomic mass is 9.89. The Morgan fingerprint density at radius 3 is 2.43 bits per heavy atom. The van der Waals surface area contributed by atoms with Crippen molar-refractivity contribution < 1.29 is 9.59 Å². The minimum absolute atomic E-state index is 0.00245. The zero-order chi connectivity index (χ0) is 24.6. The minimum atomic E-state index is -0.234. The Morgan fingerprint density at radius 1 is 1.03 bits per heavy atom. The molecule has 2 aromatic carbocycles. The van der Waals surface area contributed by atoms with Gasteiger partial charge in [-0.1, -0.05) is 18.2 Å². The molecule has 0 bridgehead atoms. The van der Waals surface area contributed by atoms with Crippen molar-refractivity contribution in [3.8, 4) is 6.07 Å². The molecule has 4 rings (SSSR count). The van der Waals surface area contributed by atoms with Crippen LogP contribution in [0, 0.1) is 18.3 Å². The van der Waals surface area contributed by atoms with Gasteiger partial charge in [0.15, 0.2) is 0 Å². The molecule has 2 aliphatic rings. The number of benzene rings is 2. The summed E-state index contributed by atoms with van der Waals surface area (Å²) in [6, 6.07) is 15.2. The number of hydrogen-bond donors (Lipinski definition) is 2. The maximum atomic E-state index is 13.2. The number of urea groups is 1. The number of hydrogen-bond acceptors (Lipinski definition) is 4. The molecule has 0 aliphatic carbocycles. The second kappa shape index (κ2) is 11.9. The van der Waals surface area contributed by atoms with Crippen LogP contribution in [0.15, 0.2) is 42.5 Å². The predicted octanol–water partition coefficient (Wildman–Crippen LogP) is 4.49. The normalized spacial score (nSPS) is 16.6. The highest BCUT2D eigenvalue weighted by Gasteiger charge is 2.25. The lowest BCUT2D eigenvalue weighted by molar-refractivity contribution is 0.0713. The molecule has 2 aliphatic heterocycles. The minimum Gasteiger partial charge on any atom is -0.339 e. The molecule has 0 radical (unpaired) electrons. The first kappa shape index (κ1) is 24.7. The van der Waals surface area contributed by atoms with Gasteiger partial charge in [-0.3, -0.25) is 4.79 Å². The van der Waals surface area contributed by atoms with Crippen LogP contribution in [0.4, 0.5) is 10.5 Å². The Balaban J connectivity index is 1.27. The van der Waals surface area contributed by atoms with Crippen LogP contribution < -0.4 is 10.6 Å². The molecule has 184 valence electrons. The van der Waals surface area contributed by atoms with Crippen molar-refractivity contribution in [3.05, 3.63) is 64.7 Å². The molecule has 7 heteroatoms. The van der Waals surface area contributed by atoms with Crippen LogP contribution in [0.3, 0.4) is 0 Å². The maximum Gasteiger partial charge on any atom is 0.319 e. The molecule has 2 heterocycles. The first-order valence-electron chi connectivity index (χ1n) is 12.7. The number of carbonyl (C=O) groups is 2. The van der Waals surface area contributed by atoms with Crippen LogP contribution in [0.2, 0.25) is 0 Å². The van der Waals surface area contributed by atoms with Crippen LogP contribution in [-0.2, 0) is 0 Å². The first-order chi connectivity index (χ1) is 17.0. The number of nitrogens with one attached hydrogen (secondary N) is 2. The highest BCUT2D eigenvalue weighted by Crippen LogP contribution is 2.29. The van der Waals surface area contributed by atoms with E-state index in [0.29, 0.717) is 42.4 Å². The van der Waals surface area contributed by atoms with Gasteiger partial charge in [0.05, 0.1) is 11.6 Å². The Morgan fingerprint density at radius 2 is 1.74 bits per heavy atom. The van der Waals surface area contributed by atoms with Crippen molar-refractivity contribution in [2.45, 2.75) is 44.9 Å². The number of piperidine rings is 1. The molecular formula is C28H35N5O2. The fourth-order valence-electron chi connectivity index (χ4n) is 5.00. The van der Waals surface area contributed by atoms with Gasteiger partial charge < -0.3 is 20.4 Å². The molecule has 0 unspecified atom stereocenters. The topological polar surface area (TPSA) is 88.5 Å². The van der Waals surface area contributed by atoms with Crippen LogP contribution in [0.25, 0.3) is 0 Å². The first-order valence-corrected chi connectivity index (χ1v) is 12.7. The van der Waals surface area contributed by atoms with Crippen molar-refractivity contribution >= 4 is 17.6 Å². The van der Waals surface area contributed by atoms with E-state index in [1.54, 1.807) is 6.07 Å². The molecule has 2 aromatic rings. The lowest BCUT2D eigenvalue weighted by Crippen LogP contribution is -2.38. The Bertz CT molecular complexity index is 1060. The smallest absolute Gasteiger partial charge is 0.319 e. The third-order valence-electron chi connectivity index (χ3n) is 7.16. The number of anilines is 1. The van der Waals surface area contributed by atoms with Gasteiger partial charge in [-0.2, -0.15) is 5.26 Å². The molecule has 2 N–H and O–H groups in total. The summed E-state index contributed by atoms with van der Waals surface area (Å²) in [6.07, 6.45) is 5.28. The van der Waals surface area contributed by atoms with Crippen molar-refractivity contribution in [1.29, 1.82) is 5.26 Å². The maximum absolute atomic E-state index is 13.2. The Labute approximate surface area is 208 Å². The molecule has 0 aromatic heterocycles. The van der Waals surface area contributed by atoms with Gasteiger partial charge in [-0.15, -0.1) is 0 Å². The monoisotopic (exact) mass is 473 g/mol. The second-order valence-corrected chi connectivity index (χ2v) is 9.61. The molecule has 0 atom stereocenters. The van der Waals surface area contributed by atoms with Crippen molar-refractivity contribution in [2.75, 3.05) is 44.6 Å². The van der Waals surface area contributed by atoms with E-state index in [9.17, 15) is 9.59 Å². The van der Waals surface area contributed by atoms with E-state index in [0.717, 1.165) is 31.4 Å². The molecule has 7 nitrogen and oxygen atoms in total. The van der Waals surface area contributed by atoms with Gasteiger partial charge in [0.25, 0.3) is 5.91 Å². The van der Waals surface area contributed by atoms with Crippen LogP contribution >= 0.6 is 0 Å². The summed E-state index contributed by atoms with van der Waals surface area (Å²) in [4.78, 5) is 29.9. The van der Waals surface area contributed by atoms with Crippen molar-refractivity contribution in [2.24, 2.45) is 0 Å². The molecule has 3 amide bonds. The number of aryl methyl sites for hydroxylation is 1. The fraction of sp³-hybridized carbons (Fsp3) is 0.464. The third kappa shape index (κ3) is 6.61. The number of amides is 3. The standard InChI is InChI=1S/C28H35N5O2/c1-21-5-8-25(19-26(21)31-28(35)30-13-4-16-32-14-2-3-15-32)27(34)33-17-11-24(12-18-33)23-9-6-22(20-29)7-10-23/h5-10,19,24H,2-4,11-18H2,1H3,(H2,30,31,35). The average molecular weight is 474 g/mol. The quantitative estimate of drug-likeness (QED) is 0.580. The van der Waals surface area contributed by atoms with E-state index in [-0.39, 0.29) is 11.9 Å². The number of carbonyl (C=O) groups excluding carboxylic acids is 2. The molecule has 0 saturated carbocycles. The molecular weight excluding hydrogens is 438 g/mol. The third-order valence-corrected chi connectivity index (χ3v) is 7.16. The van der Waals surface area contributed by atoms with Gasteiger partial charge in [0.1, 0.15) is 0 Å². The highest BCUT2D eigenvalue weighted by atomic mass is 16.2. The molecule has 2 saturated heterocycles. The van der Waals surface area contributed by atoms with Crippen LogP contribution in [0.1, 0.15) is 65.1 Å². The van der Waals surface area contributed by atoms with Crippen molar-refractivity contribution in [3.63, 3.8) is 0 Å². The summed E-state index contributed by atoms with van der Waals surface area (Å²) in [5.74, 6) is 0.397. The van der Waals surface area contributed by atoms with E-state index < -0.39 is 0 Å². The summed E-state index contributed by atoms with van der Waals surface area (Å²) in [5, 5.41) is 14.8. The van der Waals surface area contributed by atoms with E-state index in [1.165, 1.54) is 31.5 Å². The SMILES string of the molecule is Cc1ccc(C(=O)N2CCC(c3ccc(C#N)cc3)CC2)cc1NC(=O)NCCCN1CCCC1. The van der Waals surface area contributed by atoms with Crippen molar-refractivity contribution in [1.82, 2.24) is 15.1 Å². The van der Waals surface area contributed by atoms with Gasteiger partial charge >= 0.3 is 6.03 Å². The van der Waals surface area contributed by atoms with E-state index in [4.69, 9.17) is 5.26 Å². The predicted molar refractivity (Wildman–Crippen MR) is 138 cm³/mol. The number of nitrogens with zero attached hydrogens (tertiary/aromatic N) is 3. The van der Waals surface area contributed by atoms with E-state index in [1.807, 2.05) is 48.2 Å². The van der Waals surface area contributed by atoms with Gasteiger partial charge in [0.2, 0.25) is 0 Å². The van der Waals surface area contributed by atoms with Crippen LogP contribution in [-0.4, -0.2) is 61.0 Å². The lowest BCUT2D eigenvalue weighted by Gasteiger charge is -2.32. The van der Waals surface area contributed by atoms with Gasteiger partial charge in [-0.25, -0.2) is 4.79 Å². The van der Waals surface area contributed by atoms with E-state index >= 15 is 0 Å². The highest BCUT2D eigenvalue weighted by molar-refractivity contribution is 5.97. The summed E-state index contributed by atoms with van der Waals surface area (Å²) in [7, 11) is 0. The largest absolute Gasteiger partial charge is 0.339 e. The summed E-state index contributed by atoms with van der Waals surface area (Å²) in [5.41, 5.74) is 4.08. The average Bonchev–Trinajstić information content (AvgIpc) is 3.41. The summed E-state index contributed by atoms with van der Waals surface area (Å²) >= 11 is 0. The summed E-state index contributed by atoms with van der Waals surface area (Å²) < 4.78 is 0. The Kier molecular flexibility index (Phi) is 8.38. The zero-order valence-electron chi connectivity index (χ0n) is 20.6. The number of nitriles is 1. The van der Waals surface area contributed by atoms with Gasteiger partial charge in [0, 0.05) is 30.9 Å². The zero-order valence-corrected chi connectivity index (χ0v) is 20.6. The fourth-order valence-corrected chi connectivity index (χ4v) is 5.00. The number of rotatable bonds is 7. The number of likely N-dealkylation sites (tertiary alicyclic amines) is 2. The van der Waals surface area contributed by atoms with Gasteiger partial charge in [-0.05, 0) is 100.0 Å². The van der Waals surface area contributed by atoms with E-state index in [2.05, 4.69) is 21.6 Å². The van der Waals surface area contributed by atoms with Crippen LogP contribution in [0.5, 0.6) is 0 Å². The Hall–Kier alpha value is -3.37. The molecule has 0 spiro atoms. The second-order valence-electron chi connectivity index (χ2n) is 9.61.